The van der Waals surface area contributed by atoms with Crippen LogP contribution in [-0.4, -0.2) is 35.2 Å². The summed E-state index contributed by atoms with van der Waals surface area (Å²) in [6.45, 7) is 0.629. The van der Waals surface area contributed by atoms with Gasteiger partial charge >= 0.3 is 5.97 Å². The predicted molar refractivity (Wildman–Crippen MR) is 60.6 cm³/mol. The van der Waals surface area contributed by atoms with Crippen LogP contribution in [0.3, 0.4) is 0 Å². The molecule has 2 fully saturated rings. The number of ether oxygens (including phenoxy) is 1. The van der Waals surface area contributed by atoms with Gasteiger partial charge in [0.25, 0.3) is 0 Å². The minimum Gasteiger partial charge on any atom is -0.481 e. The third kappa shape index (κ3) is 2.97. The molecule has 0 bridgehead atoms. The van der Waals surface area contributed by atoms with Gasteiger partial charge in [-0.25, -0.2) is 0 Å². The van der Waals surface area contributed by atoms with Gasteiger partial charge in [0.15, 0.2) is 0 Å². The Labute approximate surface area is 101 Å². The van der Waals surface area contributed by atoms with E-state index in [2.05, 4.69) is 5.32 Å². The second-order valence-corrected chi connectivity index (χ2v) is 5.05. The summed E-state index contributed by atoms with van der Waals surface area (Å²) in [6.07, 6.45) is 4.79. The molecule has 2 rings (SSSR count). The third-order valence-corrected chi connectivity index (χ3v) is 3.66. The predicted octanol–water partition coefficient (Wildman–Crippen LogP) is 1.07. The number of hydrogen-bond donors (Lipinski definition) is 2. The van der Waals surface area contributed by atoms with E-state index in [9.17, 15) is 9.59 Å². The number of amides is 1. The molecule has 1 saturated carbocycles. The summed E-state index contributed by atoms with van der Waals surface area (Å²) >= 11 is 0. The van der Waals surface area contributed by atoms with Crippen molar-refractivity contribution in [2.24, 2.45) is 0 Å². The van der Waals surface area contributed by atoms with Gasteiger partial charge in [0.2, 0.25) is 5.91 Å². The first-order chi connectivity index (χ1) is 8.11. The van der Waals surface area contributed by atoms with Crippen LogP contribution in [0.1, 0.15) is 44.9 Å². The van der Waals surface area contributed by atoms with Crippen molar-refractivity contribution in [2.45, 2.75) is 56.6 Å². The number of carboxylic acids is 1. The average Bonchev–Trinajstić information content (AvgIpc) is 2.86. The van der Waals surface area contributed by atoms with Crippen LogP contribution in [-0.2, 0) is 14.3 Å². The van der Waals surface area contributed by atoms with E-state index in [1.807, 2.05) is 0 Å². The van der Waals surface area contributed by atoms with Gasteiger partial charge in [-0.15, -0.1) is 0 Å². The zero-order chi connectivity index (χ0) is 12.3. The maximum absolute atomic E-state index is 12.0. The van der Waals surface area contributed by atoms with Crippen LogP contribution in [0.2, 0.25) is 0 Å². The Bertz CT molecular complexity index is 304. The zero-order valence-electron chi connectivity index (χ0n) is 9.91. The summed E-state index contributed by atoms with van der Waals surface area (Å²) in [6, 6.07) is 0. The van der Waals surface area contributed by atoms with Gasteiger partial charge in [0, 0.05) is 6.61 Å². The van der Waals surface area contributed by atoms with Crippen molar-refractivity contribution in [3.8, 4) is 0 Å². The van der Waals surface area contributed by atoms with Crippen molar-refractivity contribution in [1.82, 2.24) is 5.32 Å². The summed E-state index contributed by atoms with van der Waals surface area (Å²) in [5.74, 6) is -0.981. The van der Waals surface area contributed by atoms with Crippen molar-refractivity contribution in [1.29, 1.82) is 0 Å². The highest BCUT2D eigenvalue weighted by molar-refractivity contribution is 5.82. The molecule has 17 heavy (non-hydrogen) atoms. The molecule has 5 nitrogen and oxygen atoms in total. The van der Waals surface area contributed by atoms with Gasteiger partial charge in [-0.1, -0.05) is 12.8 Å². The van der Waals surface area contributed by atoms with E-state index in [4.69, 9.17) is 9.84 Å². The first kappa shape index (κ1) is 12.4. The third-order valence-electron chi connectivity index (χ3n) is 3.66. The minimum absolute atomic E-state index is 0.0193. The lowest BCUT2D eigenvalue weighted by Gasteiger charge is -2.29. The van der Waals surface area contributed by atoms with Gasteiger partial charge in [-0.2, -0.15) is 0 Å². The topological polar surface area (TPSA) is 75.6 Å². The zero-order valence-corrected chi connectivity index (χ0v) is 9.91. The summed E-state index contributed by atoms with van der Waals surface area (Å²) in [5, 5.41) is 11.9. The maximum atomic E-state index is 12.0. The van der Waals surface area contributed by atoms with Crippen LogP contribution < -0.4 is 5.32 Å². The van der Waals surface area contributed by atoms with Crippen molar-refractivity contribution < 1.29 is 19.4 Å². The molecule has 1 aliphatic carbocycles. The monoisotopic (exact) mass is 241 g/mol. The lowest BCUT2D eigenvalue weighted by molar-refractivity contribution is -0.140. The van der Waals surface area contributed by atoms with Gasteiger partial charge in [-0.3, -0.25) is 9.59 Å². The Morgan fingerprint density at radius 3 is 2.53 bits per heavy atom. The number of carbonyl (C=O) groups excluding carboxylic acids is 1. The first-order valence-electron chi connectivity index (χ1n) is 6.27. The minimum atomic E-state index is -0.848. The molecule has 0 spiro atoms. The molecule has 2 aliphatic rings. The van der Waals surface area contributed by atoms with Gasteiger partial charge in [0.1, 0.15) is 6.10 Å². The number of aliphatic carboxylic acids is 1. The Balaban J connectivity index is 1.97. The Morgan fingerprint density at radius 1 is 1.29 bits per heavy atom. The van der Waals surface area contributed by atoms with E-state index < -0.39 is 11.5 Å². The molecule has 0 aromatic rings. The summed E-state index contributed by atoms with van der Waals surface area (Å²) in [5.41, 5.74) is -0.533. The molecule has 0 aromatic carbocycles. The summed E-state index contributed by atoms with van der Waals surface area (Å²) in [4.78, 5) is 22.8. The Kier molecular flexibility index (Phi) is 3.66. The number of nitrogens with one attached hydrogen (secondary N) is 1. The summed E-state index contributed by atoms with van der Waals surface area (Å²) < 4.78 is 5.32. The van der Waals surface area contributed by atoms with Crippen molar-refractivity contribution >= 4 is 11.9 Å². The van der Waals surface area contributed by atoms with Crippen LogP contribution in [0.5, 0.6) is 0 Å². The molecule has 2 N–H and O–H groups in total. The molecule has 0 unspecified atom stereocenters. The number of carbonyl (C=O) groups is 2. The molecule has 1 heterocycles. The molecule has 0 radical (unpaired) electrons. The fraction of sp³-hybridized carbons (Fsp3) is 0.833. The molecule has 5 heteroatoms. The second-order valence-electron chi connectivity index (χ2n) is 5.05. The number of rotatable bonds is 4. The smallest absolute Gasteiger partial charge is 0.305 e. The molecule has 1 amide bonds. The SMILES string of the molecule is O=C(O)CC1(NC(=O)[C@@H]2CCCO2)CCCC1. The molecule has 1 saturated heterocycles. The summed E-state index contributed by atoms with van der Waals surface area (Å²) in [7, 11) is 0. The van der Waals surface area contributed by atoms with Crippen LogP contribution in [0.25, 0.3) is 0 Å². The maximum Gasteiger partial charge on any atom is 0.305 e. The molecule has 1 aliphatic heterocycles. The van der Waals surface area contributed by atoms with Crippen LogP contribution in [0.15, 0.2) is 0 Å². The van der Waals surface area contributed by atoms with Gasteiger partial charge in [-0.05, 0) is 25.7 Å². The fourth-order valence-electron chi connectivity index (χ4n) is 2.81. The Hall–Kier alpha value is -1.10. The quantitative estimate of drug-likeness (QED) is 0.772. The second kappa shape index (κ2) is 5.04. The molecular weight excluding hydrogens is 222 g/mol. The van der Waals surface area contributed by atoms with Crippen molar-refractivity contribution in [3.05, 3.63) is 0 Å². The molecule has 1 atom stereocenters. The normalized spacial score (nSPS) is 26.9. The highest BCUT2D eigenvalue weighted by atomic mass is 16.5. The van der Waals surface area contributed by atoms with E-state index >= 15 is 0 Å². The largest absolute Gasteiger partial charge is 0.481 e. The standard InChI is InChI=1S/C12H19NO4/c14-10(15)8-12(5-1-2-6-12)13-11(16)9-4-3-7-17-9/h9H,1-8H2,(H,13,16)(H,14,15)/t9-/m0/s1. The van der Waals surface area contributed by atoms with E-state index in [0.29, 0.717) is 6.61 Å². The average molecular weight is 241 g/mol. The highest BCUT2D eigenvalue weighted by Gasteiger charge is 2.39. The fourth-order valence-corrected chi connectivity index (χ4v) is 2.81. The van der Waals surface area contributed by atoms with Gasteiger partial charge in [0.05, 0.1) is 12.0 Å². The van der Waals surface area contributed by atoms with Crippen LogP contribution in [0.4, 0.5) is 0 Å². The molecular formula is C12H19NO4. The lowest BCUT2D eigenvalue weighted by atomic mass is 9.92. The Morgan fingerprint density at radius 2 is 2.00 bits per heavy atom. The molecule has 96 valence electrons. The van der Waals surface area contributed by atoms with E-state index in [0.717, 1.165) is 38.5 Å². The van der Waals surface area contributed by atoms with Crippen molar-refractivity contribution in [3.63, 3.8) is 0 Å². The number of hydrogen-bond acceptors (Lipinski definition) is 3. The van der Waals surface area contributed by atoms with E-state index in [1.54, 1.807) is 0 Å². The lowest BCUT2D eigenvalue weighted by Crippen LogP contribution is -2.51. The number of carboxylic acid groups (broad SMARTS) is 1. The molecule has 0 aromatic heterocycles. The van der Waals surface area contributed by atoms with Crippen LogP contribution >= 0.6 is 0 Å². The van der Waals surface area contributed by atoms with Gasteiger partial charge < -0.3 is 15.2 Å². The van der Waals surface area contributed by atoms with Crippen molar-refractivity contribution in [2.75, 3.05) is 6.61 Å². The first-order valence-corrected chi connectivity index (χ1v) is 6.27. The highest BCUT2D eigenvalue weighted by Crippen LogP contribution is 2.33. The van der Waals surface area contributed by atoms with E-state index in [-0.39, 0.29) is 18.4 Å². The van der Waals surface area contributed by atoms with Crippen LogP contribution in [0, 0.1) is 0 Å². The van der Waals surface area contributed by atoms with E-state index in [1.165, 1.54) is 0 Å².